The molecule has 1 N–H and O–H groups in total. The van der Waals surface area contributed by atoms with Crippen molar-refractivity contribution in [3.63, 3.8) is 0 Å². The Kier molecular flexibility index (Phi) is 5.47. The van der Waals surface area contributed by atoms with Crippen molar-refractivity contribution in [2.75, 3.05) is 20.2 Å². The van der Waals surface area contributed by atoms with Gasteiger partial charge in [0, 0.05) is 5.56 Å². The summed E-state index contributed by atoms with van der Waals surface area (Å²) < 4.78 is 5.69. The van der Waals surface area contributed by atoms with Gasteiger partial charge >= 0.3 is 0 Å². The number of ether oxygens (including phenoxy) is 1. The summed E-state index contributed by atoms with van der Waals surface area (Å²) in [7, 11) is 1.81. The largest absolute Gasteiger partial charge is 0.496 e. The van der Waals surface area contributed by atoms with Crippen LogP contribution in [0.4, 0.5) is 0 Å². The molecule has 2 heteroatoms. The van der Waals surface area contributed by atoms with Gasteiger partial charge in [0.05, 0.1) is 7.11 Å². The number of methoxy groups -OCH3 is 1. The van der Waals surface area contributed by atoms with E-state index in [4.69, 9.17) is 4.74 Å². The van der Waals surface area contributed by atoms with Crippen LogP contribution in [0, 0.1) is 19.8 Å². The van der Waals surface area contributed by atoms with Crippen molar-refractivity contribution in [1.29, 1.82) is 0 Å². The van der Waals surface area contributed by atoms with Gasteiger partial charge in [0.15, 0.2) is 0 Å². The molecule has 112 valence electrons. The molecule has 1 fully saturated rings. The minimum atomic E-state index is 0.651. The lowest BCUT2D eigenvalue weighted by atomic mass is 9.73. The summed E-state index contributed by atoms with van der Waals surface area (Å²) in [5.74, 6) is 2.49. The Morgan fingerprint density at radius 2 is 1.95 bits per heavy atom. The Bertz CT molecular complexity index is 441. The third-order valence-electron chi connectivity index (χ3n) is 4.65. The molecule has 1 aliphatic carbocycles. The SMILES string of the molecule is CCNCC1CCCCC1c1c(C)cc(C)cc1OC. The lowest BCUT2D eigenvalue weighted by Crippen LogP contribution is -2.30. The third-order valence-corrected chi connectivity index (χ3v) is 4.65. The zero-order valence-corrected chi connectivity index (χ0v) is 13.5. The summed E-state index contributed by atoms with van der Waals surface area (Å²) in [5.41, 5.74) is 4.15. The lowest BCUT2D eigenvalue weighted by Gasteiger charge is -2.34. The number of rotatable bonds is 5. The van der Waals surface area contributed by atoms with Crippen molar-refractivity contribution in [3.8, 4) is 5.75 Å². The molecular formula is C18H29NO. The molecule has 0 heterocycles. The van der Waals surface area contributed by atoms with Crippen LogP contribution < -0.4 is 10.1 Å². The van der Waals surface area contributed by atoms with Crippen molar-refractivity contribution in [2.24, 2.45) is 5.92 Å². The van der Waals surface area contributed by atoms with Crippen LogP contribution in [0.3, 0.4) is 0 Å². The predicted molar refractivity (Wildman–Crippen MR) is 85.7 cm³/mol. The lowest BCUT2D eigenvalue weighted by molar-refractivity contribution is 0.288. The highest BCUT2D eigenvalue weighted by atomic mass is 16.5. The monoisotopic (exact) mass is 275 g/mol. The van der Waals surface area contributed by atoms with E-state index in [2.05, 4.69) is 38.2 Å². The summed E-state index contributed by atoms with van der Waals surface area (Å²) in [6.07, 6.45) is 5.37. The number of hydrogen-bond donors (Lipinski definition) is 1. The fourth-order valence-corrected chi connectivity index (χ4v) is 3.75. The molecule has 1 aromatic carbocycles. The highest BCUT2D eigenvalue weighted by molar-refractivity contribution is 5.45. The van der Waals surface area contributed by atoms with Crippen molar-refractivity contribution in [3.05, 3.63) is 28.8 Å². The molecular weight excluding hydrogens is 246 g/mol. The van der Waals surface area contributed by atoms with Crippen molar-refractivity contribution in [1.82, 2.24) is 5.32 Å². The van der Waals surface area contributed by atoms with Gasteiger partial charge in [0.1, 0.15) is 5.75 Å². The van der Waals surface area contributed by atoms with Gasteiger partial charge < -0.3 is 10.1 Å². The molecule has 0 aliphatic heterocycles. The van der Waals surface area contributed by atoms with E-state index in [0.717, 1.165) is 24.8 Å². The molecule has 0 spiro atoms. The molecule has 2 atom stereocenters. The third kappa shape index (κ3) is 3.35. The molecule has 0 radical (unpaired) electrons. The number of benzene rings is 1. The number of hydrogen-bond acceptors (Lipinski definition) is 2. The van der Waals surface area contributed by atoms with Crippen LogP contribution in [-0.2, 0) is 0 Å². The molecule has 2 rings (SSSR count). The van der Waals surface area contributed by atoms with Crippen LogP contribution in [0.15, 0.2) is 12.1 Å². The van der Waals surface area contributed by atoms with E-state index in [1.54, 1.807) is 7.11 Å². The zero-order valence-electron chi connectivity index (χ0n) is 13.5. The molecule has 0 bridgehead atoms. The second kappa shape index (κ2) is 7.12. The van der Waals surface area contributed by atoms with E-state index in [1.807, 2.05) is 0 Å². The minimum Gasteiger partial charge on any atom is -0.496 e. The molecule has 0 saturated heterocycles. The van der Waals surface area contributed by atoms with E-state index in [-0.39, 0.29) is 0 Å². The zero-order chi connectivity index (χ0) is 14.5. The molecule has 2 unspecified atom stereocenters. The van der Waals surface area contributed by atoms with Crippen molar-refractivity contribution >= 4 is 0 Å². The van der Waals surface area contributed by atoms with Crippen molar-refractivity contribution < 1.29 is 4.74 Å². The van der Waals surface area contributed by atoms with Gasteiger partial charge in [-0.1, -0.05) is 25.8 Å². The second-order valence-electron chi connectivity index (χ2n) is 6.16. The van der Waals surface area contributed by atoms with E-state index in [1.165, 1.54) is 42.4 Å². The average molecular weight is 275 g/mol. The van der Waals surface area contributed by atoms with Crippen LogP contribution in [0.5, 0.6) is 5.75 Å². The maximum absolute atomic E-state index is 5.69. The van der Waals surface area contributed by atoms with Gasteiger partial charge in [-0.15, -0.1) is 0 Å². The van der Waals surface area contributed by atoms with E-state index < -0.39 is 0 Å². The fourth-order valence-electron chi connectivity index (χ4n) is 3.75. The Balaban J connectivity index is 2.31. The Labute approximate surface area is 123 Å². The summed E-state index contributed by atoms with van der Waals surface area (Å²) >= 11 is 0. The van der Waals surface area contributed by atoms with E-state index in [0.29, 0.717) is 5.92 Å². The van der Waals surface area contributed by atoms with Gasteiger partial charge in [-0.3, -0.25) is 0 Å². The maximum atomic E-state index is 5.69. The van der Waals surface area contributed by atoms with E-state index in [9.17, 15) is 0 Å². The number of aryl methyl sites for hydroxylation is 2. The summed E-state index contributed by atoms with van der Waals surface area (Å²) in [5, 5.41) is 3.55. The highest BCUT2D eigenvalue weighted by Gasteiger charge is 2.29. The molecule has 1 aromatic rings. The Morgan fingerprint density at radius 1 is 1.20 bits per heavy atom. The Hall–Kier alpha value is -1.02. The maximum Gasteiger partial charge on any atom is 0.122 e. The van der Waals surface area contributed by atoms with Crippen LogP contribution in [0.2, 0.25) is 0 Å². The summed E-state index contributed by atoms with van der Waals surface area (Å²) in [6.45, 7) is 8.78. The molecule has 20 heavy (non-hydrogen) atoms. The highest BCUT2D eigenvalue weighted by Crippen LogP contribution is 2.43. The van der Waals surface area contributed by atoms with Crippen molar-refractivity contribution in [2.45, 2.75) is 52.4 Å². The summed E-state index contributed by atoms with van der Waals surface area (Å²) in [6, 6.07) is 4.50. The topological polar surface area (TPSA) is 21.3 Å². The van der Waals surface area contributed by atoms with Gasteiger partial charge in [-0.05, 0) is 68.8 Å². The van der Waals surface area contributed by atoms with E-state index >= 15 is 0 Å². The van der Waals surface area contributed by atoms with Crippen LogP contribution in [0.1, 0.15) is 55.2 Å². The first-order valence-electron chi connectivity index (χ1n) is 8.03. The van der Waals surface area contributed by atoms with Gasteiger partial charge in [-0.2, -0.15) is 0 Å². The smallest absolute Gasteiger partial charge is 0.122 e. The average Bonchev–Trinajstić information content (AvgIpc) is 2.45. The molecule has 2 nitrogen and oxygen atoms in total. The quantitative estimate of drug-likeness (QED) is 0.869. The van der Waals surface area contributed by atoms with Crippen LogP contribution >= 0.6 is 0 Å². The first-order valence-corrected chi connectivity index (χ1v) is 8.03. The number of nitrogens with one attached hydrogen (secondary N) is 1. The molecule has 0 aromatic heterocycles. The first kappa shape index (κ1) is 15.4. The summed E-state index contributed by atoms with van der Waals surface area (Å²) in [4.78, 5) is 0. The normalized spacial score (nSPS) is 22.8. The standard InChI is InChI=1S/C18H29NO/c1-5-19-12-15-8-6-7-9-16(15)18-14(3)10-13(2)11-17(18)20-4/h10-11,15-16,19H,5-9,12H2,1-4H3. The molecule has 0 amide bonds. The van der Waals surface area contributed by atoms with Gasteiger partial charge in [0.25, 0.3) is 0 Å². The fraction of sp³-hybridized carbons (Fsp3) is 0.667. The van der Waals surface area contributed by atoms with Crippen LogP contribution in [0.25, 0.3) is 0 Å². The first-order chi connectivity index (χ1) is 9.67. The molecule has 1 saturated carbocycles. The minimum absolute atomic E-state index is 0.651. The Morgan fingerprint density at radius 3 is 2.65 bits per heavy atom. The van der Waals surface area contributed by atoms with Gasteiger partial charge in [-0.25, -0.2) is 0 Å². The van der Waals surface area contributed by atoms with Gasteiger partial charge in [0.2, 0.25) is 0 Å². The predicted octanol–water partition coefficient (Wildman–Crippen LogP) is 4.20. The second-order valence-corrected chi connectivity index (χ2v) is 6.16. The molecule has 1 aliphatic rings. The van der Waals surface area contributed by atoms with Crippen LogP contribution in [-0.4, -0.2) is 20.2 Å².